The van der Waals surface area contributed by atoms with Crippen LogP contribution in [-0.2, 0) is 12.8 Å². The molecule has 1 aliphatic rings. The first kappa shape index (κ1) is 14.4. The summed E-state index contributed by atoms with van der Waals surface area (Å²) in [5, 5.41) is 8.86. The van der Waals surface area contributed by atoms with Crippen molar-refractivity contribution in [3.05, 3.63) is 59.0 Å². The van der Waals surface area contributed by atoms with E-state index in [1.54, 1.807) is 11.9 Å². The molecular weight excluding hydrogens is 282 g/mol. The highest BCUT2D eigenvalue weighted by molar-refractivity contribution is 5.93. The van der Waals surface area contributed by atoms with Crippen LogP contribution in [0.2, 0.25) is 0 Å². The number of hydrogen-bond acceptors (Lipinski definition) is 3. The van der Waals surface area contributed by atoms with Crippen LogP contribution in [0.4, 0.5) is 0 Å². The number of aromatic carboxylic acids is 1. The Morgan fingerprint density at radius 3 is 2.50 bits per heavy atom. The van der Waals surface area contributed by atoms with E-state index in [4.69, 9.17) is 9.52 Å². The van der Waals surface area contributed by atoms with Crippen molar-refractivity contribution in [3.8, 4) is 0 Å². The first-order valence-corrected chi connectivity index (χ1v) is 7.23. The molecule has 0 radical (unpaired) electrons. The normalized spacial score (nSPS) is 16.9. The summed E-state index contributed by atoms with van der Waals surface area (Å²) in [6, 6.07) is 11.1. The van der Waals surface area contributed by atoms with Gasteiger partial charge in [0, 0.05) is 13.1 Å². The fourth-order valence-electron chi connectivity index (χ4n) is 2.92. The molecule has 5 nitrogen and oxygen atoms in total. The van der Waals surface area contributed by atoms with Crippen molar-refractivity contribution in [2.45, 2.75) is 25.3 Å². The average molecular weight is 299 g/mol. The van der Waals surface area contributed by atoms with Crippen LogP contribution in [0.15, 0.2) is 40.8 Å². The monoisotopic (exact) mass is 299 g/mol. The smallest absolute Gasteiger partial charge is 0.371 e. The molecule has 5 heteroatoms. The molecule has 3 rings (SSSR count). The summed E-state index contributed by atoms with van der Waals surface area (Å²) >= 11 is 0. The molecule has 0 spiro atoms. The van der Waals surface area contributed by atoms with Gasteiger partial charge >= 0.3 is 5.97 Å². The molecule has 1 amide bonds. The first-order chi connectivity index (χ1) is 10.6. The third-order valence-corrected chi connectivity index (χ3v) is 4.22. The number of aryl methyl sites for hydroxylation is 1. The molecule has 1 N–H and O–H groups in total. The summed E-state index contributed by atoms with van der Waals surface area (Å²) in [6.45, 7) is 0. The Bertz CT molecular complexity index is 719. The lowest BCUT2D eigenvalue weighted by molar-refractivity contribution is 0.0641. The Morgan fingerprint density at radius 2 is 1.82 bits per heavy atom. The number of benzene rings is 1. The SMILES string of the molecule is CN(C(=O)c1ccc(C(=O)O)o1)C1CCc2ccccc2C1. The molecule has 1 heterocycles. The molecule has 0 fully saturated rings. The molecule has 1 aromatic carbocycles. The van der Waals surface area contributed by atoms with E-state index in [2.05, 4.69) is 12.1 Å². The van der Waals surface area contributed by atoms with E-state index < -0.39 is 5.97 Å². The van der Waals surface area contributed by atoms with Gasteiger partial charge in [-0.05, 0) is 42.5 Å². The zero-order valence-corrected chi connectivity index (χ0v) is 12.3. The van der Waals surface area contributed by atoms with Crippen LogP contribution in [0.3, 0.4) is 0 Å². The molecule has 1 aliphatic carbocycles. The maximum absolute atomic E-state index is 12.4. The number of hydrogen-bond donors (Lipinski definition) is 1. The maximum atomic E-state index is 12.4. The fourth-order valence-corrected chi connectivity index (χ4v) is 2.92. The molecule has 1 unspecified atom stereocenters. The first-order valence-electron chi connectivity index (χ1n) is 7.23. The number of carbonyl (C=O) groups is 2. The van der Waals surface area contributed by atoms with Crippen LogP contribution in [0.1, 0.15) is 38.7 Å². The van der Waals surface area contributed by atoms with Gasteiger partial charge in [0.05, 0.1) is 0 Å². The van der Waals surface area contributed by atoms with Crippen LogP contribution in [0.5, 0.6) is 0 Å². The van der Waals surface area contributed by atoms with Crippen molar-refractivity contribution in [2.24, 2.45) is 0 Å². The summed E-state index contributed by atoms with van der Waals surface area (Å²) in [6.07, 6.45) is 2.65. The van der Waals surface area contributed by atoms with Crippen molar-refractivity contribution in [3.63, 3.8) is 0 Å². The van der Waals surface area contributed by atoms with Gasteiger partial charge < -0.3 is 14.4 Å². The third-order valence-electron chi connectivity index (χ3n) is 4.22. The highest BCUT2D eigenvalue weighted by Crippen LogP contribution is 2.25. The maximum Gasteiger partial charge on any atom is 0.371 e. The molecule has 0 bridgehead atoms. The molecule has 0 saturated heterocycles. The number of furan rings is 1. The highest BCUT2D eigenvalue weighted by Gasteiger charge is 2.27. The Balaban J connectivity index is 1.75. The second-order valence-corrected chi connectivity index (χ2v) is 5.55. The summed E-state index contributed by atoms with van der Waals surface area (Å²) < 4.78 is 5.10. The van der Waals surface area contributed by atoms with Gasteiger partial charge in [0.2, 0.25) is 5.76 Å². The van der Waals surface area contributed by atoms with Gasteiger partial charge in [-0.2, -0.15) is 0 Å². The van der Waals surface area contributed by atoms with Gasteiger partial charge in [-0.1, -0.05) is 24.3 Å². The highest BCUT2D eigenvalue weighted by atomic mass is 16.4. The third kappa shape index (κ3) is 2.62. The van der Waals surface area contributed by atoms with E-state index in [0.29, 0.717) is 0 Å². The topological polar surface area (TPSA) is 70.8 Å². The number of amides is 1. The molecule has 1 atom stereocenters. The minimum Gasteiger partial charge on any atom is -0.475 e. The minimum atomic E-state index is -1.17. The minimum absolute atomic E-state index is 0.0683. The second-order valence-electron chi connectivity index (χ2n) is 5.55. The van der Waals surface area contributed by atoms with E-state index in [-0.39, 0.29) is 23.5 Å². The number of carboxylic acids is 1. The number of carbonyl (C=O) groups excluding carboxylic acids is 1. The van der Waals surface area contributed by atoms with E-state index in [1.165, 1.54) is 23.3 Å². The van der Waals surface area contributed by atoms with Crippen molar-refractivity contribution in [2.75, 3.05) is 7.05 Å². The van der Waals surface area contributed by atoms with Crippen LogP contribution in [-0.4, -0.2) is 35.0 Å². The number of likely N-dealkylation sites (N-methyl/N-ethyl adjacent to an activating group) is 1. The Hall–Kier alpha value is -2.56. The van der Waals surface area contributed by atoms with Gasteiger partial charge in [-0.15, -0.1) is 0 Å². The zero-order valence-electron chi connectivity index (χ0n) is 12.3. The second kappa shape index (κ2) is 5.67. The van der Waals surface area contributed by atoms with Gasteiger partial charge in [0.25, 0.3) is 5.91 Å². The molecule has 2 aromatic rings. The summed E-state index contributed by atoms with van der Waals surface area (Å²) in [7, 11) is 1.74. The quantitative estimate of drug-likeness (QED) is 0.945. The van der Waals surface area contributed by atoms with Crippen LogP contribution in [0, 0.1) is 0 Å². The largest absolute Gasteiger partial charge is 0.475 e. The molecular formula is C17H17NO4. The zero-order chi connectivity index (χ0) is 15.7. The van der Waals surface area contributed by atoms with Crippen LogP contribution < -0.4 is 0 Å². The van der Waals surface area contributed by atoms with Crippen molar-refractivity contribution < 1.29 is 19.1 Å². The van der Waals surface area contributed by atoms with Gasteiger partial charge in [0.1, 0.15) is 0 Å². The molecule has 0 aliphatic heterocycles. The summed E-state index contributed by atoms with van der Waals surface area (Å²) in [5.74, 6) is -1.60. The number of rotatable bonds is 3. The Morgan fingerprint density at radius 1 is 1.14 bits per heavy atom. The number of nitrogens with zero attached hydrogens (tertiary/aromatic N) is 1. The van der Waals surface area contributed by atoms with Crippen molar-refractivity contribution in [1.82, 2.24) is 4.90 Å². The van der Waals surface area contributed by atoms with E-state index >= 15 is 0 Å². The lowest BCUT2D eigenvalue weighted by Crippen LogP contribution is -2.40. The molecule has 114 valence electrons. The summed E-state index contributed by atoms with van der Waals surface area (Å²) in [5.41, 5.74) is 2.61. The number of fused-ring (bicyclic) bond motifs is 1. The van der Waals surface area contributed by atoms with Gasteiger partial charge in [-0.3, -0.25) is 4.79 Å². The lowest BCUT2D eigenvalue weighted by Gasteiger charge is -2.32. The summed E-state index contributed by atoms with van der Waals surface area (Å²) in [4.78, 5) is 24.9. The molecule has 1 aromatic heterocycles. The van der Waals surface area contributed by atoms with Gasteiger partial charge in [0.15, 0.2) is 5.76 Å². The Labute approximate surface area is 128 Å². The van der Waals surface area contributed by atoms with E-state index in [9.17, 15) is 9.59 Å². The number of carboxylic acid groups (broad SMARTS) is 1. The van der Waals surface area contributed by atoms with Crippen LogP contribution >= 0.6 is 0 Å². The van der Waals surface area contributed by atoms with E-state index in [1.807, 2.05) is 12.1 Å². The standard InChI is InChI=1S/C17H17NO4/c1-18(16(19)14-8-9-15(22-14)17(20)21)13-7-6-11-4-2-3-5-12(11)10-13/h2-5,8-9,13H,6-7,10H2,1H3,(H,20,21). The van der Waals surface area contributed by atoms with Crippen LogP contribution in [0.25, 0.3) is 0 Å². The average Bonchev–Trinajstić information content (AvgIpc) is 3.03. The van der Waals surface area contributed by atoms with Crippen molar-refractivity contribution in [1.29, 1.82) is 0 Å². The van der Waals surface area contributed by atoms with Gasteiger partial charge in [-0.25, -0.2) is 4.79 Å². The van der Waals surface area contributed by atoms with Crippen molar-refractivity contribution >= 4 is 11.9 Å². The molecule has 0 saturated carbocycles. The molecule has 22 heavy (non-hydrogen) atoms. The predicted octanol–water partition coefficient (Wildman–Crippen LogP) is 2.61. The van der Waals surface area contributed by atoms with E-state index in [0.717, 1.165) is 19.3 Å². The fraction of sp³-hybridized carbons (Fsp3) is 0.294. The Kier molecular flexibility index (Phi) is 3.71. The lowest BCUT2D eigenvalue weighted by atomic mass is 9.87. The predicted molar refractivity (Wildman–Crippen MR) is 80.0 cm³/mol.